The minimum absolute atomic E-state index is 0.0105. The van der Waals surface area contributed by atoms with Crippen molar-refractivity contribution < 1.29 is 26.5 Å². The first kappa shape index (κ1) is 21.4. The summed E-state index contributed by atoms with van der Waals surface area (Å²) in [5.41, 5.74) is -0.480. The van der Waals surface area contributed by atoms with Gasteiger partial charge in [0, 0.05) is 18.2 Å². The van der Waals surface area contributed by atoms with Crippen molar-refractivity contribution in [2.45, 2.75) is 62.7 Å². The number of nitro benzene ring substituents is 1. The van der Waals surface area contributed by atoms with Crippen LogP contribution < -0.4 is 10.0 Å². The lowest BCUT2D eigenvalue weighted by Gasteiger charge is -2.31. The molecule has 2 N–H and O–H groups in total. The smallest absolute Gasteiger partial charge is 0.377 e. The average molecular weight is 409 g/mol. The number of anilines is 1. The van der Waals surface area contributed by atoms with E-state index in [9.17, 15) is 31.7 Å². The molecule has 0 aromatic heterocycles. The summed E-state index contributed by atoms with van der Waals surface area (Å²) in [5, 5.41) is 14.2. The predicted molar refractivity (Wildman–Crippen MR) is 94.0 cm³/mol. The highest BCUT2D eigenvalue weighted by Gasteiger charge is 2.42. The maximum atomic E-state index is 12.9. The molecule has 152 valence electrons. The third-order valence-electron chi connectivity index (χ3n) is 4.36. The summed E-state index contributed by atoms with van der Waals surface area (Å²) in [7, 11) is -3.92. The minimum atomic E-state index is -4.30. The molecule has 2 rings (SSSR count). The SMILES string of the molecule is CC(C)NS(=O)(=O)c1ccc(NC2CCCC(C(F)(F)F)C2)c([N+](=O)[O-])c1. The zero-order chi connectivity index (χ0) is 20.4. The molecule has 27 heavy (non-hydrogen) atoms. The number of benzene rings is 1. The van der Waals surface area contributed by atoms with Crippen molar-refractivity contribution in [3.05, 3.63) is 28.3 Å². The van der Waals surface area contributed by atoms with E-state index in [0.717, 1.165) is 6.07 Å². The molecule has 1 aromatic carbocycles. The highest BCUT2D eigenvalue weighted by atomic mass is 32.2. The normalized spacial score (nSPS) is 21.3. The summed E-state index contributed by atoms with van der Waals surface area (Å²) >= 11 is 0. The predicted octanol–water partition coefficient (Wildman–Crippen LogP) is 3.81. The fourth-order valence-electron chi connectivity index (χ4n) is 3.17. The fourth-order valence-corrected chi connectivity index (χ4v) is 4.44. The molecule has 1 aliphatic rings. The van der Waals surface area contributed by atoms with Crippen LogP contribution in [0.15, 0.2) is 23.1 Å². The Labute approximate surface area is 155 Å². The summed E-state index contributed by atoms with van der Waals surface area (Å²) in [6.07, 6.45) is -3.61. The van der Waals surface area contributed by atoms with Gasteiger partial charge in [-0.1, -0.05) is 6.42 Å². The van der Waals surface area contributed by atoms with Gasteiger partial charge in [-0.3, -0.25) is 10.1 Å². The second kappa shape index (κ2) is 8.01. The highest BCUT2D eigenvalue weighted by molar-refractivity contribution is 7.89. The standard InChI is InChI=1S/C16H22F3N3O4S/c1-10(2)21-27(25,26)13-6-7-14(15(9-13)22(23)24)20-12-5-3-4-11(8-12)16(17,18)19/h6-7,9-12,20-21H,3-5,8H2,1-2H3. The average Bonchev–Trinajstić information content (AvgIpc) is 2.53. The topological polar surface area (TPSA) is 101 Å². The lowest BCUT2D eigenvalue weighted by Crippen LogP contribution is -2.34. The molecule has 1 aliphatic carbocycles. The van der Waals surface area contributed by atoms with Crippen LogP contribution in [0.2, 0.25) is 0 Å². The van der Waals surface area contributed by atoms with Crippen molar-refractivity contribution in [3.63, 3.8) is 0 Å². The molecule has 2 atom stereocenters. The van der Waals surface area contributed by atoms with Crippen molar-refractivity contribution in [1.82, 2.24) is 4.72 Å². The van der Waals surface area contributed by atoms with Crippen molar-refractivity contribution in [1.29, 1.82) is 0 Å². The van der Waals surface area contributed by atoms with Gasteiger partial charge in [-0.25, -0.2) is 13.1 Å². The number of rotatable bonds is 6. The lowest BCUT2D eigenvalue weighted by atomic mass is 9.85. The second-order valence-corrected chi connectivity index (χ2v) is 8.67. The third kappa shape index (κ3) is 5.55. The molecule has 2 unspecified atom stereocenters. The van der Waals surface area contributed by atoms with E-state index in [1.807, 2.05) is 0 Å². The summed E-state index contributed by atoms with van der Waals surface area (Å²) in [6.45, 7) is 3.23. The first-order chi connectivity index (χ1) is 12.4. The van der Waals surface area contributed by atoms with Crippen molar-refractivity contribution in [3.8, 4) is 0 Å². The fraction of sp³-hybridized carbons (Fsp3) is 0.625. The molecule has 0 bridgehead atoms. The van der Waals surface area contributed by atoms with Crippen LogP contribution in [0.5, 0.6) is 0 Å². The Morgan fingerprint density at radius 2 is 1.93 bits per heavy atom. The summed E-state index contributed by atoms with van der Waals surface area (Å²) in [5.74, 6) is -1.45. The van der Waals surface area contributed by atoms with Crippen molar-refractivity contribution >= 4 is 21.4 Å². The molecule has 0 spiro atoms. The number of alkyl halides is 3. The maximum absolute atomic E-state index is 12.9. The van der Waals surface area contributed by atoms with Gasteiger partial charge in [0.25, 0.3) is 5.69 Å². The minimum Gasteiger partial charge on any atom is -0.377 e. The Balaban J connectivity index is 2.26. The second-order valence-electron chi connectivity index (χ2n) is 6.96. The number of hydrogen-bond donors (Lipinski definition) is 2. The van der Waals surface area contributed by atoms with Gasteiger partial charge < -0.3 is 5.32 Å². The maximum Gasteiger partial charge on any atom is 0.391 e. The first-order valence-electron chi connectivity index (χ1n) is 8.54. The molecular formula is C16H22F3N3O4S. The summed E-state index contributed by atoms with van der Waals surface area (Å²) < 4.78 is 65.5. The Hall–Kier alpha value is -1.88. The third-order valence-corrected chi connectivity index (χ3v) is 6.02. The van der Waals surface area contributed by atoms with Crippen LogP contribution >= 0.6 is 0 Å². The lowest BCUT2D eigenvalue weighted by molar-refractivity contribution is -0.384. The van der Waals surface area contributed by atoms with Gasteiger partial charge in [-0.2, -0.15) is 13.2 Å². The molecule has 1 saturated carbocycles. The van der Waals surface area contributed by atoms with E-state index in [0.29, 0.717) is 12.8 Å². The van der Waals surface area contributed by atoms with Gasteiger partial charge in [0.2, 0.25) is 10.0 Å². The first-order valence-corrected chi connectivity index (χ1v) is 10.0. The van der Waals surface area contributed by atoms with E-state index >= 15 is 0 Å². The van der Waals surface area contributed by atoms with Gasteiger partial charge in [-0.05, 0) is 45.2 Å². The molecule has 0 heterocycles. The van der Waals surface area contributed by atoms with E-state index in [4.69, 9.17) is 0 Å². The van der Waals surface area contributed by atoms with Crippen LogP contribution in [0, 0.1) is 16.0 Å². The van der Waals surface area contributed by atoms with E-state index in [1.165, 1.54) is 12.1 Å². The van der Waals surface area contributed by atoms with Crippen LogP contribution in [0.4, 0.5) is 24.5 Å². The van der Waals surface area contributed by atoms with E-state index in [-0.39, 0.29) is 23.4 Å². The number of nitrogens with zero attached hydrogens (tertiary/aromatic N) is 1. The molecule has 1 fully saturated rings. The Bertz CT molecular complexity index is 797. The number of nitrogens with one attached hydrogen (secondary N) is 2. The molecule has 0 radical (unpaired) electrons. The molecule has 0 aliphatic heterocycles. The van der Waals surface area contributed by atoms with Crippen LogP contribution in [0.3, 0.4) is 0 Å². The number of halogens is 3. The van der Waals surface area contributed by atoms with Crippen LogP contribution in [0.25, 0.3) is 0 Å². The Kier molecular flexibility index (Phi) is 6.35. The summed E-state index contributed by atoms with van der Waals surface area (Å²) in [6, 6.07) is 2.37. The van der Waals surface area contributed by atoms with Crippen LogP contribution in [-0.2, 0) is 10.0 Å². The van der Waals surface area contributed by atoms with Gasteiger partial charge in [0.1, 0.15) is 5.69 Å². The van der Waals surface area contributed by atoms with Gasteiger partial charge in [0.05, 0.1) is 15.7 Å². The number of nitro groups is 1. The monoisotopic (exact) mass is 409 g/mol. The van der Waals surface area contributed by atoms with E-state index < -0.39 is 44.8 Å². The largest absolute Gasteiger partial charge is 0.391 e. The van der Waals surface area contributed by atoms with Gasteiger partial charge in [-0.15, -0.1) is 0 Å². The molecular weight excluding hydrogens is 387 g/mol. The Morgan fingerprint density at radius 1 is 1.26 bits per heavy atom. The highest BCUT2D eigenvalue weighted by Crippen LogP contribution is 2.39. The zero-order valence-corrected chi connectivity index (χ0v) is 15.7. The quantitative estimate of drug-likeness (QED) is 0.549. The van der Waals surface area contributed by atoms with Gasteiger partial charge in [0.15, 0.2) is 0 Å². The molecule has 1 aromatic rings. The Morgan fingerprint density at radius 3 is 2.48 bits per heavy atom. The molecule has 0 saturated heterocycles. The molecule has 11 heteroatoms. The van der Waals surface area contributed by atoms with E-state index in [1.54, 1.807) is 13.8 Å². The molecule has 7 nitrogen and oxygen atoms in total. The molecule has 0 amide bonds. The van der Waals surface area contributed by atoms with E-state index in [2.05, 4.69) is 10.0 Å². The van der Waals surface area contributed by atoms with Gasteiger partial charge >= 0.3 is 6.18 Å². The van der Waals surface area contributed by atoms with Crippen molar-refractivity contribution in [2.24, 2.45) is 5.92 Å². The zero-order valence-electron chi connectivity index (χ0n) is 14.9. The van der Waals surface area contributed by atoms with Crippen LogP contribution in [-0.4, -0.2) is 31.6 Å². The number of hydrogen-bond acceptors (Lipinski definition) is 5. The summed E-state index contributed by atoms with van der Waals surface area (Å²) in [4.78, 5) is 10.3. The number of sulfonamides is 1. The van der Waals surface area contributed by atoms with Crippen molar-refractivity contribution in [2.75, 3.05) is 5.32 Å². The van der Waals surface area contributed by atoms with Crippen LogP contribution in [0.1, 0.15) is 39.5 Å².